The van der Waals surface area contributed by atoms with Crippen molar-refractivity contribution < 1.29 is 0 Å². The summed E-state index contributed by atoms with van der Waals surface area (Å²) in [6.07, 6.45) is 6.14. The van der Waals surface area contributed by atoms with Crippen molar-refractivity contribution >= 4 is 26.7 Å². The fraction of sp³-hybridized carbons (Fsp3) is 0.500. The summed E-state index contributed by atoms with van der Waals surface area (Å²) in [5.74, 6) is 0. The fourth-order valence-corrected chi connectivity index (χ4v) is 3.54. The fourth-order valence-electron chi connectivity index (χ4n) is 2.61. The Balaban J connectivity index is 1.78. The average molecular weight is 261 g/mol. The van der Waals surface area contributed by atoms with Crippen LogP contribution in [0.3, 0.4) is 0 Å². The molecule has 0 aliphatic heterocycles. The van der Waals surface area contributed by atoms with Crippen LogP contribution in [0.5, 0.6) is 0 Å². The lowest BCUT2D eigenvalue weighted by molar-refractivity contribution is 0.528. The Morgan fingerprint density at radius 2 is 2.00 bits per heavy atom. The molecular weight excluding hydrogens is 242 g/mol. The second-order valence-electron chi connectivity index (χ2n) is 5.04. The molecule has 3 nitrogen and oxygen atoms in total. The van der Waals surface area contributed by atoms with Crippen molar-refractivity contribution in [2.24, 2.45) is 5.73 Å². The molecule has 0 saturated heterocycles. The highest BCUT2D eigenvalue weighted by Gasteiger charge is 2.21. The normalized spacial score (nSPS) is 24.9. The van der Waals surface area contributed by atoms with Crippen LogP contribution in [-0.4, -0.2) is 17.1 Å². The van der Waals surface area contributed by atoms with Crippen LogP contribution in [0, 0.1) is 0 Å². The molecule has 2 aromatic rings. The predicted molar refractivity (Wildman–Crippen MR) is 78.1 cm³/mol. The van der Waals surface area contributed by atoms with E-state index in [4.69, 9.17) is 5.73 Å². The molecular formula is C14H19N3S. The molecule has 0 amide bonds. The maximum atomic E-state index is 6.24. The maximum absolute atomic E-state index is 6.24. The molecule has 1 aromatic carbocycles. The van der Waals surface area contributed by atoms with E-state index in [9.17, 15) is 0 Å². The van der Waals surface area contributed by atoms with Crippen LogP contribution >= 0.6 is 11.3 Å². The van der Waals surface area contributed by atoms with Crippen LogP contribution in [-0.2, 0) is 0 Å². The summed E-state index contributed by atoms with van der Waals surface area (Å²) in [6.45, 7) is 0. The molecule has 1 fully saturated rings. The summed E-state index contributed by atoms with van der Waals surface area (Å²) in [6, 6.07) is 8.91. The molecule has 0 spiro atoms. The number of anilines is 1. The quantitative estimate of drug-likeness (QED) is 0.815. The topological polar surface area (TPSA) is 50.9 Å². The number of benzene rings is 1. The van der Waals surface area contributed by atoms with Gasteiger partial charge >= 0.3 is 0 Å². The summed E-state index contributed by atoms with van der Waals surface area (Å²) in [7, 11) is 0. The summed E-state index contributed by atoms with van der Waals surface area (Å²) >= 11 is 1.72. The van der Waals surface area contributed by atoms with E-state index in [1.54, 1.807) is 11.3 Å². The zero-order valence-corrected chi connectivity index (χ0v) is 11.2. The minimum atomic E-state index is 0.263. The lowest BCUT2D eigenvalue weighted by Crippen LogP contribution is -2.39. The van der Waals surface area contributed by atoms with Gasteiger partial charge in [-0.15, -0.1) is 0 Å². The van der Waals surface area contributed by atoms with Gasteiger partial charge in [-0.25, -0.2) is 4.98 Å². The van der Waals surface area contributed by atoms with Crippen LogP contribution in [0.4, 0.5) is 5.13 Å². The molecule has 1 aliphatic rings. The van der Waals surface area contributed by atoms with Crippen LogP contribution in [0.25, 0.3) is 10.2 Å². The van der Waals surface area contributed by atoms with Crippen molar-refractivity contribution in [3.8, 4) is 0 Å². The number of aromatic nitrogens is 1. The number of para-hydroxylation sites is 1. The van der Waals surface area contributed by atoms with Gasteiger partial charge in [0.05, 0.1) is 10.2 Å². The highest BCUT2D eigenvalue weighted by atomic mass is 32.1. The molecule has 1 aliphatic carbocycles. The Morgan fingerprint density at radius 1 is 1.17 bits per heavy atom. The molecule has 1 saturated carbocycles. The molecule has 2 atom stereocenters. The molecule has 3 rings (SSSR count). The van der Waals surface area contributed by atoms with E-state index in [2.05, 4.69) is 28.5 Å². The van der Waals surface area contributed by atoms with Crippen molar-refractivity contribution in [2.75, 3.05) is 5.32 Å². The Hall–Kier alpha value is -1.13. The Kier molecular flexibility index (Phi) is 3.48. The van der Waals surface area contributed by atoms with Crippen molar-refractivity contribution in [1.29, 1.82) is 0 Å². The average Bonchev–Trinajstić information content (AvgIpc) is 2.68. The molecule has 0 radical (unpaired) electrons. The third kappa shape index (κ3) is 2.49. The zero-order chi connectivity index (χ0) is 12.4. The van der Waals surface area contributed by atoms with E-state index < -0.39 is 0 Å². The van der Waals surface area contributed by atoms with Gasteiger partial charge in [-0.1, -0.05) is 42.7 Å². The van der Waals surface area contributed by atoms with Crippen LogP contribution in [0.1, 0.15) is 32.1 Å². The van der Waals surface area contributed by atoms with Crippen LogP contribution < -0.4 is 11.1 Å². The first-order valence-electron chi connectivity index (χ1n) is 6.70. The summed E-state index contributed by atoms with van der Waals surface area (Å²) in [5, 5.41) is 4.56. The van der Waals surface area contributed by atoms with Crippen molar-refractivity contribution in [1.82, 2.24) is 4.98 Å². The summed E-state index contributed by atoms with van der Waals surface area (Å²) in [4.78, 5) is 4.62. The van der Waals surface area contributed by atoms with Crippen molar-refractivity contribution in [2.45, 2.75) is 44.2 Å². The molecule has 1 aromatic heterocycles. The SMILES string of the molecule is NC1CCCCCC1Nc1nc2ccccc2s1. The van der Waals surface area contributed by atoms with E-state index >= 15 is 0 Å². The lowest BCUT2D eigenvalue weighted by atomic mass is 10.0. The van der Waals surface area contributed by atoms with Gasteiger partial charge in [0.15, 0.2) is 5.13 Å². The first-order chi connectivity index (χ1) is 8.83. The second-order valence-corrected chi connectivity index (χ2v) is 6.07. The number of nitrogens with one attached hydrogen (secondary N) is 1. The van der Waals surface area contributed by atoms with Gasteiger partial charge in [0.25, 0.3) is 0 Å². The lowest BCUT2D eigenvalue weighted by Gasteiger charge is -2.22. The standard InChI is InChI=1S/C14H19N3S/c15-10-6-2-1-3-7-11(10)16-14-17-12-8-4-5-9-13(12)18-14/h4-5,8-11H,1-3,6-7,15H2,(H,16,17). The van der Waals surface area contributed by atoms with E-state index in [0.29, 0.717) is 6.04 Å². The van der Waals surface area contributed by atoms with Gasteiger partial charge in [-0.3, -0.25) is 0 Å². The molecule has 1 heterocycles. The van der Waals surface area contributed by atoms with Gasteiger partial charge < -0.3 is 11.1 Å². The molecule has 2 unspecified atom stereocenters. The molecule has 3 N–H and O–H groups in total. The largest absolute Gasteiger partial charge is 0.357 e. The second kappa shape index (κ2) is 5.24. The highest BCUT2D eigenvalue weighted by Crippen LogP contribution is 2.28. The number of nitrogens with two attached hydrogens (primary N) is 1. The molecule has 96 valence electrons. The van der Waals surface area contributed by atoms with Gasteiger partial charge in [0.1, 0.15) is 0 Å². The van der Waals surface area contributed by atoms with Gasteiger partial charge in [0.2, 0.25) is 0 Å². The first-order valence-corrected chi connectivity index (χ1v) is 7.52. The minimum Gasteiger partial charge on any atom is -0.357 e. The first kappa shape index (κ1) is 11.9. The smallest absolute Gasteiger partial charge is 0.184 e. The Morgan fingerprint density at radius 3 is 2.89 bits per heavy atom. The van der Waals surface area contributed by atoms with E-state index in [1.165, 1.54) is 24.0 Å². The molecule has 4 heteroatoms. The summed E-state index contributed by atoms with van der Waals surface area (Å²) < 4.78 is 1.24. The van der Waals surface area contributed by atoms with E-state index in [0.717, 1.165) is 23.5 Å². The third-order valence-corrected chi connectivity index (χ3v) is 4.64. The van der Waals surface area contributed by atoms with Gasteiger partial charge in [-0.2, -0.15) is 0 Å². The van der Waals surface area contributed by atoms with Crippen LogP contribution in [0.2, 0.25) is 0 Å². The Bertz CT molecular complexity index is 489. The maximum Gasteiger partial charge on any atom is 0.184 e. The zero-order valence-electron chi connectivity index (χ0n) is 10.4. The van der Waals surface area contributed by atoms with Crippen molar-refractivity contribution in [3.05, 3.63) is 24.3 Å². The minimum absolute atomic E-state index is 0.263. The van der Waals surface area contributed by atoms with E-state index in [1.807, 2.05) is 6.07 Å². The molecule has 0 bridgehead atoms. The highest BCUT2D eigenvalue weighted by molar-refractivity contribution is 7.22. The monoisotopic (exact) mass is 261 g/mol. The third-order valence-electron chi connectivity index (χ3n) is 3.67. The van der Waals surface area contributed by atoms with Crippen LogP contribution in [0.15, 0.2) is 24.3 Å². The number of rotatable bonds is 2. The summed E-state index contributed by atoms with van der Waals surface area (Å²) in [5.41, 5.74) is 7.31. The van der Waals surface area contributed by atoms with Crippen molar-refractivity contribution in [3.63, 3.8) is 0 Å². The number of fused-ring (bicyclic) bond motifs is 1. The number of hydrogen-bond donors (Lipinski definition) is 2. The van der Waals surface area contributed by atoms with Gasteiger partial charge in [-0.05, 0) is 25.0 Å². The predicted octanol–water partition coefficient (Wildman–Crippen LogP) is 3.37. The van der Waals surface area contributed by atoms with E-state index in [-0.39, 0.29) is 6.04 Å². The molecule has 18 heavy (non-hydrogen) atoms. The number of thiazole rings is 1. The number of hydrogen-bond acceptors (Lipinski definition) is 4. The van der Waals surface area contributed by atoms with Gasteiger partial charge in [0, 0.05) is 12.1 Å². The number of nitrogens with zero attached hydrogens (tertiary/aromatic N) is 1. The Labute approximate surface area is 111 Å².